The Morgan fingerprint density at radius 2 is 1.71 bits per heavy atom. The van der Waals surface area contributed by atoms with Crippen molar-refractivity contribution in [3.05, 3.63) is 45.7 Å². The molecule has 0 bridgehead atoms. The van der Waals surface area contributed by atoms with Crippen LogP contribution in [0.4, 0.5) is 0 Å². The van der Waals surface area contributed by atoms with E-state index in [4.69, 9.17) is 4.98 Å². The Hall–Kier alpha value is -1.26. The molecule has 2 atom stereocenters. The van der Waals surface area contributed by atoms with Gasteiger partial charge >= 0.3 is 0 Å². The van der Waals surface area contributed by atoms with Crippen LogP contribution in [0.25, 0.3) is 0 Å². The third-order valence-corrected chi connectivity index (χ3v) is 5.34. The van der Waals surface area contributed by atoms with E-state index < -0.39 is 0 Å². The maximum atomic E-state index is 4.75. The van der Waals surface area contributed by atoms with Crippen molar-refractivity contribution in [2.75, 3.05) is 0 Å². The second-order valence-electron chi connectivity index (χ2n) is 6.61. The van der Waals surface area contributed by atoms with E-state index in [1.807, 2.05) is 23.7 Å². The van der Waals surface area contributed by atoms with Crippen LogP contribution in [0.5, 0.6) is 0 Å². The van der Waals surface area contributed by atoms with E-state index in [2.05, 4.69) is 64.0 Å². The molecule has 0 saturated heterocycles. The fraction of sp³-hybridized carbons (Fsp3) is 0.529. The van der Waals surface area contributed by atoms with Gasteiger partial charge in [0.05, 0.1) is 10.7 Å². The fourth-order valence-corrected chi connectivity index (χ4v) is 3.47. The number of pyridine rings is 1. The number of hydrogen-bond donors (Lipinski definition) is 1. The number of aromatic nitrogens is 2. The molecule has 3 nitrogen and oxygen atoms in total. The van der Waals surface area contributed by atoms with Crippen LogP contribution < -0.4 is 5.32 Å². The summed E-state index contributed by atoms with van der Waals surface area (Å²) in [5, 5.41) is 4.87. The highest BCUT2D eigenvalue weighted by atomic mass is 32.1. The van der Waals surface area contributed by atoms with Gasteiger partial charge < -0.3 is 5.32 Å². The average Bonchev–Trinajstić information content (AvgIpc) is 2.82. The molecular weight excluding hydrogens is 278 g/mol. The highest BCUT2D eigenvalue weighted by Crippen LogP contribution is 2.33. The molecule has 4 heteroatoms. The second-order valence-corrected chi connectivity index (χ2v) is 7.64. The number of hydrogen-bond acceptors (Lipinski definition) is 4. The van der Waals surface area contributed by atoms with Crippen molar-refractivity contribution in [2.24, 2.45) is 0 Å². The highest BCUT2D eigenvalue weighted by Gasteiger charge is 2.23. The number of rotatable bonds is 4. The first-order valence-corrected chi connectivity index (χ1v) is 8.24. The zero-order valence-corrected chi connectivity index (χ0v) is 14.6. The van der Waals surface area contributed by atoms with E-state index in [0.29, 0.717) is 12.1 Å². The van der Waals surface area contributed by atoms with Crippen molar-refractivity contribution in [1.29, 1.82) is 0 Å². The van der Waals surface area contributed by atoms with Gasteiger partial charge in [0.1, 0.15) is 0 Å². The van der Waals surface area contributed by atoms with Gasteiger partial charge in [0.15, 0.2) is 0 Å². The van der Waals surface area contributed by atoms with Crippen LogP contribution in [0.2, 0.25) is 0 Å². The standard InChI is InChI=1S/C17H25N3S/c1-11(14-7-9-18-10-8-14)19-12(2)15-13(3)20-16(21-15)17(4,5)6/h7-12,19H,1-6H3. The van der Waals surface area contributed by atoms with Crippen LogP contribution in [0.3, 0.4) is 0 Å². The third kappa shape index (κ3) is 3.89. The van der Waals surface area contributed by atoms with E-state index in [-0.39, 0.29) is 5.41 Å². The first kappa shape index (κ1) is 16.1. The summed E-state index contributed by atoms with van der Waals surface area (Å²) in [5.41, 5.74) is 2.52. The lowest BCUT2D eigenvalue weighted by Gasteiger charge is -2.20. The summed E-state index contributed by atoms with van der Waals surface area (Å²) < 4.78 is 0. The molecule has 0 spiro atoms. The Balaban J connectivity index is 2.14. The topological polar surface area (TPSA) is 37.8 Å². The van der Waals surface area contributed by atoms with Gasteiger partial charge in [0.2, 0.25) is 0 Å². The van der Waals surface area contributed by atoms with E-state index in [1.165, 1.54) is 15.4 Å². The third-order valence-electron chi connectivity index (χ3n) is 3.57. The van der Waals surface area contributed by atoms with Gasteiger partial charge in [-0.3, -0.25) is 4.98 Å². The molecule has 2 aromatic heterocycles. The minimum absolute atomic E-state index is 0.115. The van der Waals surface area contributed by atoms with Gasteiger partial charge in [0, 0.05) is 34.8 Å². The molecule has 0 aliphatic rings. The highest BCUT2D eigenvalue weighted by molar-refractivity contribution is 7.12. The van der Waals surface area contributed by atoms with E-state index in [1.54, 1.807) is 0 Å². The van der Waals surface area contributed by atoms with Crippen molar-refractivity contribution in [2.45, 2.75) is 59.0 Å². The first-order valence-electron chi connectivity index (χ1n) is 7.43. The molecule has 0 fully saturated rings. The molecule has 114 valence electrons. The fourth-order valence-electron chi connectivity index (χ4n) is 2.33. The number of thiazole rings is 1. The normalized spacial score (nSPS) is 15.0. The summed E-state index contributed by atoms with van der Waals surface area (Å²) in [5.74, 6) is 0. The predicted molar refractivity (Wildman–Crippen MR) is 89.8 cm³/mol. The molecule has 2 aromatic rings. The lowest BCUT2D eigenvalue weighted by atomic mass is 9.98. The van der Waals surface area contributed by atoms with Crippen LogP contribution in [0.15, 0.2) is 24.5 Å². The monoisotopic (exact) mass is 303 g/mol. The minimum atomic E-state index is 0.115. The molecule has 2 unspecified atom stereocenters. The summed E-state index contributed by atoms with van der Waals surface area (Å²) >= 11 is 1.83. The Kier molecular flexibility index (Phi) is 4.79. The number of aryl methyl sites for hydroxylation is 1. The molecule has 1 N–H and O–H groups in total. The Labute approximate surface area is 131 Å². The van der Waals surface area contributed by atoms with Gasteiger partial charge in [0.25, 0.3) is 0 Å². The molecule has 0 aliphatic heterocycles. The van der Waals surface area contributed by atoms with Crippen LogP contribution in [0.1, 0.15) is 67.8 Å². The molecule has 0 amide bonds. The van der Waals surface area contributed by atoms with E-state index in [9.17, 15) is 0 Å². The zero-order valence-electron chi connectivity index (χ0n) is 13.8. The molecule has 2 heterocycles. The van der Waals surface area contributed by atoms with Crippen molar-refractivity contribution in [3.63, 3.8) is 0 Å². The van der Waals surface area contributed by atoms with Gasteiger partial charge in [-0.15, -0.1) is 11.3 Å². The Bertz CT molecular complexity index is 584. The van der Waals surface area contributed by atoms with Gasteiger partial charge in [-0.1, -0.05) is 20.8 Å². The SMILES string of the molecule is Cc1nc(C(C)(C)C)sc1C(C)NC(C)c1ccncc1. The molecule has 0 saturated carbocycles. The summed E-state index contributed by atoms with van der Waals surface area (Å²) in [4.78, 5) is 10.2. The smallest absolute Gasteiger partial charge is 0.0985 e. The minimum Gasteiger partial charge on any atom is -0.303 e. The lowest BCUT2D eigenvalue weighted by Crippen LogP contribution is -2.22. The second kappa shape index (κ2) is 6.24. The number of nitrogens with zero attached hydrogens (tertiary/aromatic N) is 2. The van der Waals surface area contributed by atoms with E-state index in [0.717, 1.165) is 5.69 Å². The summed E-state index contributed by atoms with van der Waals surface area (Å²) in [6.45, 7) is 13.2. The maximum absolute atomic E-state index is 4.75. The Morgan fingerprint density at radius 3 is 2.24 bits per heavy atom. The zero-order chi connectivity index (χ0) is 15.6. The van der Waals surface area contributed by atoms with Crippen LogP contribution in [-0.2, 0) is 5.41 Å². The quantitative estimate of drug-likeness (QED) is 0.900. The first-order chi connectivity index (χ1) is 9.79. The van der Waals surface area contributed by atoms with Gasteiger partial charge in [-0.2, -0.15) is 0 Å². The van der Waals surface area contributed by atoms with E-state index >= 15 is 0 Å². The predicted octanol–water partition coefficient (Wildman–Crippen LogP) is 4.56. The van der Waals surface area contributed by atoms with Crippen molar-refractivity contribution in [1.82, 2.24) is 15.3 Å². The molecule has 0 aliphatic carbocycles. The Morgan fingerprint density at radius 1 is 1.10 bits per heavy atom. The lowest BCUT2D eigenvalue weighted by molar-refractivity contribution is 0.498. The average molecular weight is 303 g/mol. The van der Waals surface area contributed by atoms with Gasteiger partial charge in [-0.25, -0.2) is 4.98 Å². The van der Waals surface area contributed by atoms with Gasteiger partial charge in [-0.05, 0) is 38.5 Å². The van der Waals surface area contributed by atoms with Crippen molar-refractivity contribution in [3.8, 4) is 0 Å². The van der Waals surface area contributed by atoms with Crippen molar-refractivity contribution < 1.29 is 0 Å². The van der Waals surface area contributed by atoms with Crippen molar-refractivity contribution >= 4 is 11.3 Å². The molecule has 0 radical (unpaired) electrons. The molecule has 2 rings (SSSR count). The summed E-state index contributed by atoms with van der Waals surface area (Å²) in [7, 11) is 0. The number of nitrogens with one attached hydrogen (secondary N) is 1. The molecule has 0 aromatic carbocycles. The van der Waals surface area contributed by atoms with Crippen LogP contribution >= 0.6 is 11.3 Å². The largest absolute Gasteiger partial charge is 0.303 e. The maximum Gasteiger partial charge on any atom is 0.0985 e. The summed E-state index contributed by atoms with van der Waals surface area (Å²) in [6, 6.07) is 4.71. The summed E-state index contributed by atoms with van der Waals surface area (Å²) in [6.07, 6.45) is 3.68. The molecular formula is C17H25N3S. The van der Waals surface area contributed by atoms with Crippen LogP contribution in [0, 0.1) is 6.92 Å². The molecule has 21 heavy (non-hydrogen) atoms. The van der Waals surface area contributed by atoms with Crippen LogP contribution in [-0.4, -0.2) is 9.97 Å².